The van der Waals surface area contributed by atoms with Gasteiger partial charge in [-0.25, -0.2) is 0 Å². The summed E-state index contributed by atoms with van der Waals surface area (Å²) < 4.78 is 240. The summed E-state index contributed by atoms with van der Waals surface area (Å²) in [5.74, 6) is -12.8. The van der Waals surface area contributed by atoms with E-state index in [1.165, 1.54) is 0 Å². The first kappa shape index (κ1) is 3.80. The molecule has 2 atom stereocenters. The average Bonchev–Trinajstić information content (AvgIpc) is 2.88. The number of phenols is 1. The van der Waals surface area contributed by atoms with Gasteiger partial charge in [-0.2, -0.15) is 0 Å². The summed E-state index contributed by atoms with van der Waals surface area (Å²) in [5, 5.41) is 11.5. The molecule has 24 heavy (non-hydrogen) atoms. The van der Waals surface area contributed by atoms with Gasteiger partial charge in [0.1, 0.15) is 17.1 Å². The lowest BCUT2D eigenvalue weighted by molar-refractivity contribution is 0.0107. The van der Waals surface area contributed by atoms with E-state index in [1.807, 2.05) is 0 Å². The Hall–Kier alpha value is -1.44. The van der Waals surface area contributed by atoms with Gasteiger partial charge in [-0.1, -0.05) is 37.7 Å². The zero-order valence-corrected chi connectivity index (χ0v) is 12.4. The maximum absolute atomic E-state index is 11.5. The first-order chi connectivity index (χ1) is 22.3. The number of ether oxygens (including phenoxy) is 1. The summed E-state index contributed by atoms with van der Waals surface area (Å²) in [5.41, 5.74) is -10.2. The number of benzene rings is 1. The molecule has 0 unspecified atom stereocenters. The fourth-order valence-corrected chi connectivity index (χ4v) is 2.12. The molecule has 1 heterocycles. The van der Waals surface area contributed by atoms with E-state index in [0.29, 0.717) is 6.92 Å². The van der Waals surface area contributed by atoms with Gasteiger partial charge in [-0.05, 0) is 63.7 Å². The first-order valence-electron chi connectivity index (χ1n) is 20.6. The molecule has 1 aromatic rings. The Bertz CT molecular complexity index is 1670. The Morgan fingerprint density at radius 2 is 2.33 bits per heavy atom. The van der Waals surface area contributed by atoms with Crippen molar-refractivity contribution in [2.24, 2.45) is 5.89 Å². The van der Waals surface area contributed by atoms with Crippen molar-refractivity contribution in [2.45, 2.75) is 83.6 Å². The van der Waals surface area contributed by atoms with E-state index in [2.05, 4.69) is 0 Å². The third kappa shape index (κ3) is 3.34. The van der Waals surface area contributed by atoms with Crippen molar-refractivity contribution >= 4 is 0 Å². The smallest absolute Gasteiger partial charge is 0.127 e. The van der Waals surface area contributed by atoms with Gasteiger partial charge in [-0.3, -0.25) is 0 Å². The summed E-state index contributed by atoms with van der Waals surface area (Å²) in [6.07, 6.45) is -28.9. The standard InChI is InChI=1S/C22H32O2/c1-5-6-7-8-9-16-13-19(23)21-17-12-15(2)10-11-18(17)22(3,4)24-20(21)14-16/h12-14,17-18,23H,5-11H2,1-4H3/t17-,18-/m1/s1/i2D3,3D3,4D3,5D2,6D2,7D2,8D2,9D2,10D2,11D2,12D,13D,14D,17D,18D. The van der Waals surface area contributed by atoms with Crippen LogP contribution >= 0.6 is 0 Å². The van der Waals surface area contributed by atoms with Crippen LogP contribution in [0.25, 0.3) is 0 Å². The average molecular weight is 357 g/mol. The van der Waals surface area contributed by atoms with Crippen molar-refractivity contribution in [3.63, 3.8) is 0 Å². The third-order valence-corrected chi connectivity index (χ3v) is 3.05. The maximum Gasteiger partial charge on any atom is 0.127 e. The highest BCUT2D eigenvalue weighted by molar-refractivity contribution is 5.53. The SMILES string of the molecule is [2H]C1=C(C([2H])([2H])[2H])C([2H])([2H])C([2H])([2H])[C@@]2([2H])C(C([2H])([2H])[2H])(C([2H])([2H])[2H])Oc3c([2H])c(C([2H])([2H])C([2H])([2H])C([2H])([2H])C([2H])([2H])C([2H])([2H])C)c([2H])c(O)c3[C@]12[2H]. The van der Waals surface area contributed by atoms with Crippen LogP contribution in [0.3, 0.4) is 0 Å². The van der Waals surface area contributed by atoms with Gasteiger partial charge in [0, 0.05) is 51.6 Å². The van der Waals surface area contributed by atoms with E-state index in [0.717, 1.165) is 0 Å². The van der Waals surface area contributed by atoms with Gasteiger partial charge in [0.2, 0.25) is 0 Å². The molecule has 0 amide bonds. The summed E-state index contributed by atoms with van der Waals surface area (Å²) >= 11 is 0. The number of hydrogen-bond donors (Lipinski definition) is 1. The molecule has 0 radical (unpaired) electrons. The van der Waals surface area contributed by atoms with E-state index in [1.54, 1.807) is 0 Å². The number of hydrogen-bond acceptors (Lipinski definition) is 2. The molecule has 1 aliphatic heterocycles. The Morgan fingerprint density at radius 1 is 1.46 bits per heavy atom. The Kier molecular flexibility index (Phi) is 1.08. The van der Waals surface area contributed by atoms with Crippen molar-refractivity contribution in [1.29, 1.82) is 0 Å². The summed E-state index contributed by atoms with van der Waals surface area (Å²) in [4.78, 5) is 0. The van der Waals surface area contributed by atoms with Gasteiger partial charge < -0.3 is 9.84 Å². The van der Waals surface area contributed by atoms with Crippen molar-refractivity contribution in [3.05, 3.63) is 34.8 Å². The van der Waals surface area contributed by atoms with Crippen LogP contribution in [-0.4, -0.2) is 10.7 Å². The molecule has 1 aromatic carbocycles. The zero-order chi connectivity index (χ0) is 41.8. The Balaban J connectivity index is 2.82. The lowest BCUT2D eigenvalue weighted by Gasteiger charge is -2.46. The molecule has 2 nitrogen and oxygen atoms in total. The summed E-state index contributed by atoms with van der Waals surface area (Å²) in [6, 6.07) is -5.80. The van der Waals surface area contributed by atoms with Crippen LogP contribution in [0.5, 0.6) is 11.5 Å². The van der Waals surface area contributed by atoms with E-state index in [4.69, 9.17) is 40.4 Å². The minimum atomic E-state index is -4.66. The molecule has 0 saturated carbocycles. The number of aromatic hydroxyl groups is 1. The second-order valence-electron chi connectivity index (χ2n) is 4.71. The van der Waals surface area contributed by atoms with Crippen molar-refractivity contribution in [3.8, 4) is 11.5 Å². The lowest BCUT2D eigenvalue weighted by atomic mass is 9.68. The van der Waals surface area contributed by atoms with Crippen molar-refractivity contribution in [1.82, 2.24) is 0 Å². The molecular formula is C22H32O2. The van der Waals surface area contributed by atoms with E-state index in [9.17, 15) is 7.85 Å². The number of fused-ring (bicyclic) bond motifs is 3. The minimum absolute atomic E-state index is 0.482. The quantitative estimate of drug-likeness (QED) is 0.643. The molecule has 1 N–H and O–H groups in total. The van der Waals surface area contributed by atoms with Crippen LogP contribution in [0.2, 0.25) is 0 Å². The Morgan fingerprint density at radius 3 is 3.08 bits per heavy atom. The molecule has 0 saturated heterocycles. The topological polar surface area (TPSA) is 29.5 Å². The second-order valence-corrected chi connectivity index (χ2v) is 4.71. The van der Waals surface area contributed by atoms with Crippen LogP contribution in [0.15, 0.2) is 23.7 Å². The predicted molar refractivity (Wildman–Crippen MR) is 99.9 cm³/mol. The highest BCUT2D eigenvalue weighted by Crippen LogP contribution is 2.53. The van der Waals surface area contributed by atoms with Crippen LogP contribution in [-0.2, 0) is 6.37 Å². The van der Waals surface area contributed by atoms with Crippen LogP contribution < -0.4 is 4.74 Å². The summed E-state index contributed by atoms with van der Waals surface area (Å²) in [7, 11) is 0. The highest BCUT2D eigenvalue weighted by Gasteiger charge is 2.45. The monoisotopic (exact) mass is 356 g/mol. The van der Waals surface area contributed by atoms with Crippen molar-refractivity contribution < 1.29 is 48.2 Å². The lowest BCUT2D eigenvalue weighted by Crippen LogP contribution is -2.45. The molecule has 2 aliphatic rings. The van der Waals surface area contributed by atoms with Crippen LogP contribution in [0.1, 0.15) is 121 Å². The fraction of sp³-hybridized carbons (Fsp3) is 0.636. The van der Waals surface area contributed by atoms with Gasteiger partial charge in [-0.15, -0.1) is 0 Å². The van der Waals surface area contributed by atoms with Crippen LogP contribution in [0.4, 0.5) is 0 Å². The van der Waals surface area contributed by atoms with Gasteiger partial charge in [0.05, 0.1) is 4.11 Å². The van der Waals surface area contributed by atoms with E-state index < -0.39 is 129 Å². The van der Waals surface area contributed by atoms with E-state index in [-0.39, 0.29) is 0 Å². The van der Waals surface area contributed by atoms with Crippen molar-refractivity contribution in [2.75, 3.05) is 0 Å². The largest absolute Gasteiger partial charge is 0.507 e. The molecular weight excluding hydrogens is 296 g/mol. The van der Waals surface area contributed by atoms with Gasteiger partial charge in [0.25, 0.3) is 0 Å². The second kappa shape index (κ2) is 6.82. The van der Waals surface area contributed by atoms with Gasteiger partial charge >= 0.3 is 0 Å². The molecule has 132 valence electrons. The number of allylic oxidation sites excluding steroid dienone is 2. The summed E-state index contributed by atoms with van der Waals surface area (Å²) in [6.45, 7) is -12.4. The van der Waals surface area contributed by atoms with Gasteiger partial charge in [0.15, 0.2) is 0 Å². The zero-order valence-electron chi connectivity index (χ0n) is 40.4. The molecule has 0 bridgehead atoms. The first-order valence-corrected chi connectivity index (χ1v) is 6.63. The Labute approximate surface area is 186 Å². The molecule has 3 rings (SSSR count). The molecule has 2 heteroatoms. The number of rotatable bonds is 5. The fourth-order valence-electron chi connectivity index (χ4n) is 2.12. The normalized spacial score (nSPS) is 57.0. The molecule has 0 spiro atoms. The van der Waals surface area contributed by atoms with Crippen LogP contribution in [0, 0.1) is 5.89 Å². The molecule has 0 fully saturated rings. The van der Waals surface area contributed by atoms with E-state index >= 15 is 0 Å². The molecule has 0 aromatic heterocycles. The minimum Gasteiger partial charge on any atom is -0.507 e. The molecule has 1 aliphatic carbocycles. The number of phenolic OH excluding ortho intramolecular Hbond substituents is 1. The maximum atomic E-state index is 11.5. The predicted octanol–water partition coefficient (Wildman–Crippen LogP) is 6.13. The highest BCUT2D eigenvalue weighted by atomic mass is 16.5. The third-order valence-electron chi connectivity index (χ3n) is 3.05.